The van der Waals surface area contributed by atoms with Crippen LogP contribution < -0.4 is 0 Å². The van der Waals surface area contributed by atoms with Crippen LogP contribution in [0.4, 0.5) is 5.69 Å². The number of nitrogens with one attached hydrogen (secondary N) is 1. The van der Waals surface area contributed by atoms with Crippen LogP contribution in [0, 0.1) is 4.91 Å². The third kappa shape index (κ3) is 1.97. The number of nitroso groups, excluding NO2 is 1. The lowest BCUT2D eigenvalue weighted by atomic mass is 9.99. The van der Waals surface area contributed by atoms with Crippen molar-refractivity contribution in [3.8, 4) is 17.1 Å². The number of aromatic nitrogens is 2. The molecule has 3 aromatic rings. The molecule has 0 aliphatic heterocycles. The third-order valence-corrected chi connectivity index (χ3v) is 5.49. The number of hydrogen-bond donors (Lipinski definition) is 2. The second kappa shape index (κ2) is 5.23. The lowest BCUT2D eigenvalue weighted by molar-refractivity contribution is 0.430. The van der Waals surface area contributed by atoms with Crippen LogP contribution in [0.15, 0.2) is 35.5 Å². The van der Waals surface area contributed by atoms with Gasteiger partial charge in [-0.05, 0) is 17.7 Å². The monoisotopic (exact) mass is 419 g/mol. The SMILES string of the molecule is Cn1c(O)c(-c2[nH]c3ccccc3c2N=O)c2c1C(I)CC=C2. The van der Waals surface area contributed by atoms with Crippen LogP contribution >= 0.6 is 22.6 Å². The zero-order valence-electron chi connectivity index (χ0n) is 12.4. The Kier molecular flexibility index (Phi) is 3.29. The third-order valence-electron chi connectivity index (χ3n) is 4.39. The van der Waals surface area contributed by atoms with Crippen molar-refractivity contribution in [1.82, 2.24) is 9.55 Å². The van der Waals surface area contributed by atoms with Gasteiger partial charge in [0, 0.05) is 29.2 Å². The number of hydrogen-bond acceptors (Lipinski definition) is 3. The fraction of sp³-hybridized carbons (Fsp3) is 0.176. The first-order valence-electron chi connectivity index (χ1n) is 7.30. The van der Waals surface area contributed by atoms with Crippen molar-refractivity contribution in [3.05, 3.63) is 46.5 Å². The molecule has 0 spiro atoms. The molecule has 1 atom stereocenters. The Hall–Kier alpha value is -2.09. The summed E-state index contributed by atoms with van der Waals surface area (Å²) in [6.45, 7) is 0. The summed E-state index contributed by atoms with van der Waals surface area (Å²) in [5, 5.41) is 14.7. The Morgan fingerprint density at radius 2 is 2.17 bits per heavy atom. The standard InChI is InChI=1S/C17H14IN3O2/c1-21-16-10(6-4-7-11(16)18)13(17(21)22)15-14(20-23)9-5-2-3-8-12(9)19-15/h2-6,8,11,19,22H,7H2,1H3. The molecule has 2 heterocycles. The first-order valence-corrected chi connectivity index (χ1v) is 8.54. The minimum absolute atomic E-state index is 0.152. The minimum Gasteiger partial charge on any atom is -0.494 e. The van der Waals surface area contributed by atoms with Gasteiger partial charge in [0.15, 0.2) is 0 Å². The number of rotatable bonds is 2. The van der Waals surface area contributed by atoms with Gasteiger partial charge in [-0.1, -0.05) is 52.9 Å². The number of alkyl halides is 1. The molecule has 4 rings (SSSR count). The molecule has 0 saturated heterocycles. The Labute approximate surface area is 146 Å². The molecule has 0 radical (unpaired) electrons. The maximum absolute atomic E-state index is 11.4. The summed E-state index contributed by atoms with van der Waals surface area (Å²) in [6, 6.07) is 7.53. The summed E-state index contributed by atoms with van der Waals surface area (Å²) in [4.78, 5) is 14.7. The van der Waals surface area contributed by atoms with E-state index < -0.39 is 0 Å². The number of aromatic hydroxyl groups is 1. The zero-order chi connectivity index (χ0) is 16.1. The van der Waals surface area contributed by atoms with Crippen LogP contribution in [0.1, 0.15) is 21.6 Å². The fourth-order valence-corrected chi connectivity index (χ4v) is 4.37. The van der Waals surface area contributed by atoms with Crippen molar-refractivity contribution < 1.29 is 5.11 Å². The molecule has 0 amide bonds. The number of nitrogens with zero attached hydrogens (tertiary/aromatic N) is 2. The van der Waals surface area contributed by atoms with Crippen molar-refractivity contribution in [3.63, 3.8) is 0 Å². The Balaban J connectivity index is 2.09. The fourth-order valence-electron chi connectivity index (χ4n) is 3.32. The van der Waals surface area contributed by atoms with E-state index in [0.717, 1.165) is 28.6 Å². The molecule has 1 aliphatic carbocycles. The van der Waals surface area contributed by atoms with Crippen LogP contribution in [0.25, 0.3) is 28.2 Å². The van der Waals surface area contributed by atoms with Crippen molar-refractivity contribution in [2.45, 2.75) is 10.3 Å². The summed E-state index contributed by atoms with van der Waals surface area (Å²) in [6.07, 6.45) is 5.04. The second-order valence-electron chi connectivity index (χ2n) is 5.65. The molecular formula is C17H14IN3O2. The number of benzene rings is 1. The summed E-state index contributed by atoms with van der Waals surface area (Å²) < 4.78 is 2.08. The highest BCUT2D eigenvalue weighted by atomic mass is 127. The molecule has 0 fully saturated rings. The van der Waals surface area contributed by atoms with E-state index in [0.29, 0.717) is 16.9 Å². The van der Waals surface area contributed by atoms with Crippen LogP contribution in [0.5, 0.6) is 5.88 Å². The van der Waals surface area contributed by atoms with Gasteiger partial charge in [0.05, 0.1) is 15.2 Å². The summed E-state index contributed by atoms with van der Waals surface area (Å²) in [7, 11) is 1.85. The summed E-state index contributed by atoms with van der Waals surface area (Å²) >= 11 is 2.38. The number of fused-ring (bicyclic) bond motifs is 2. The lowest BCUT2D eigenvalue weighted by Gasteiger charge is -2.15. The van der Waals surface area contributed by atoms with Crippen molar-refractivity contribution >= 4 is 45.3 Å². The van der Waals surface area contributed by atoms with Gasteiger partial charge >= 0.3 is 0 Å². The molecule has 0 bridgehead atoms. The Morgan fingerprint density at radius 1 is 1.39 bits per heavy atom. The van der Waals surface area contributed by atoms with Gasteiger partial charge in [0.25, 0.3) is 0 Å². The van der Waals surface area contributed by atoms with Crippen LogP contribution in [0.3, 0.4) is 0 Å². The molecule has 6 heteroatoms. The quantitative estimate of drug-likeness (QED) is 0.342. The summed E-state index contributed by atoms with van der Waals surface area (Å²) in [5.41, 5.74) is 4.41. The number of allylic oxidation sites excluding steroid dienone is 1. The molecule has 1 aliphatic rings. The first-order chi connectivity index (χ1) is 11.1. The predicted octanol–water partition coefficient (Wildman–Crippen LogP) is 5.17. The van der Waals surface area contributed by atoms with Crippen molar-refractivity contribution in [2.75, 3.05) is 0 Å². The molecule has 116 valence electrons. The van der Waals surface area contributed by atoms with Gasteiger partial charge in [-0.25, -0.2) is 0 Å². The van der Waals surface area contributed by atoms with E-state index in [4.69, 9.17) is 0 Å². The van der Waals surface area contributed by atoms with Gasteiger partial charge in [0.2, 0.25) is 5.88 Å². The van der Waals surface area contributed by atoms with E-state index in [1.54, 1.807) is 4.57 Å². The highest BCUT2D eigenvalue weighted by Gasteiger charge is 2.29. The number of para-hydroxylation sites is 1. The average Bonchev–Trinajstić information content (AvgIpc) is 3.04. The van der Waals surface area contributed by atoms with E-state index in [1.807, 2.05) is 37.4 Å². The lowest BCUT2D eigenvalue weighted by Crippen LogP contribution is -2.02. The average molecular weight is 419 g/mol. The van der Waals surface area contributed by atoms with Gasteiger partial charge in [0.1, 0.15) is 5.69 Å². The van der Waals surface area contributed by atoms with E-state index >= 15 is 0 Å². The highest BCUT2D eigenvalue weighted by molar-refractivity contribution is 14.1. The number of halogens is 1. The van der Waals surface area contributed by atoms with E-state index in [2.05, 4.69) is 38.8 Å². The maximum atomic E-state index is 11.4. The summed E-state index contributed by atoms with van der Waals surface area (Å²) in [5.74, 6) is 0.152. The second-order valence-corrected chi connectivity index (χ2v) is 7.15. The molecule has 23 heavy (non-hydrogen) atoms. The van der Waals surface area contributed by atoms with E-state index in [-0.39, 0.29) is 9.80 Å². The van der Waals surface area contributed by atoms with Gasteiger partial charge in [-0.15, -0.1) is 4.91 Å². The Bertz CT molecular complexity index is 968. The number of H-pyrrole nitrogens is 1. The van der Waals surface area contributed by atoms with Crippen molar-refractivity contribution in [1.29, 1.82) is 0 Å². The van der Waals surface area contributed by atoms with Crippen LogP contribution in [-0.2, 0) is 7.05 Å². The minimum atomic E-state index is 0.152. The predicted molar refractivity (Wildman–Crippen MR) is 100 cm³/mol. The number of aromatic amines is 1. The largest absolute Gasteiger partial charge is 0.494 e. The zero-order valence-corrected chi connectivity index (χ0v) is 14.5. The van der Waals surface area contributed by atoms with E-state index in [9.17, 15) is 10.0 Å². The molecule has 5 nitrogen and oxygen atoms in total. The van der Waals surface area contributed by atoms with Crippen LogP contribution in [-0.4, -0.2) is 14.7 Å². The molecule has 1 unspecified atom stereocenters. The van der Waals surface area contributed by atoms with Gasteiger partial charge < -0.3 is 14.7 Å². The van der Waals surface area contributed by atoms with E-state index in [1.165, 1.54) is 0 Å². The maximum Gasteiger partial charge on any atom is 0.201 e. The first kappa shape index (κ1) is 14.5. The molecule has 0 saturated carbocycles. The molecule has 1 aromatic carbocycles. The van der Waals surface area contributed by atoms with Crippen molar-refractivity contribution in [2.24, 2.45) is 12.2 Å². The smallest absolute Gasteiger partial charge is 0.201 e. The highest BCUT2D eigenvalue weighted by Crippen LogP contribution is 2.49. The molecule has 2 aromatic heterocycles. The normalized spacial score (nSPS) is 16.7. The molecule has 2 N–H and O–H groups in total. The van der Waals surface area contributed by atoms with Gasteiger partial charge in [-0.2, -0.15) is 0 Å². The topological polar surface area (TPSA) is 70.4 Å². The van der Waals surface area contributed by atoms with Gasteiger partial charge in [-0.3, -0.25) is 0 Å². The van der Waals surface area contributed by atoms with Crippen LogP contribution in [0.2, 0.25) is 0 Å². The Morgan fingerprint density at radius 3 is 2.96 bits per heavy atom. The molecular weight excluding hydrogens is 405 g/mol.